The Labute approximate surface area is 107 Å². The highest BCUT2D eigenvalue weighted by Gasteiger charge is 2.09. The summed E-state index contributed by atoms with van der Waals surface area (Å²) >= 11 is 0. The molecule has 0 spiro atoms. The molecule has 1 saturated heterocycles. The van der Waals surface area contributed by atoms with Crippen LogP contribution in [-0.4, -0.2) is 41.7 Å². The maximum Gasteiger partial charge on any atom is 0.327 e. The second-order valence-electron chi connectivity index (χ2n) is 3.02. The Morgan fingerprint density at radius 3 is 1.67 bits per heavy atom. The van der Waals surface area contributed by atoms with Gasteiger partial charge in [0.2, 0.25) is 0 Å². The molecule has 0 aromatic carbocycles. The molecule has 18 heavy (non-hydrogen) atoms. The van der Waals surface area contributed by atoms with Crippen LogP contribution in [0.25, 0.3) is 0 Å². The van der Waals surface area contributed by atoms with Crippen molar-refractivity contribution in [2.75, 3.05) is 13.2 Å². The first-order valence-electron chi connectivity index (χ1n) is 5.41. The molecular weight excluding hydrogens is 240 g/mol. The summed E-state index contributed by atoms with van der Waals surface area (Å²) in [4.78, 5) is 18.5. The van der Waals surface area contributed by atoms with E-state index in [9.17, 15) is 9.59 Å². The Bertz CT molecular complexity index is 237. The normalized spacial score (nSPS) is 14.1. The number of hydrogen-bond acceptors (Lipinski definition) is 4. The molecule has 0 unspecified atom stereocenters. The second kappa shape index (κ2) is 13.4. The maximum atomic E-state index is 9.25. The topological polar surface area (TPSA) is 93.1 Å². The van der Waals surface area contributed by atoms with Crippen molar-refractivity contribution in [3.8, 4) is 0 Å². The molecule has 1 rings (SSSR count). The Balaban J connectivity index is 0. The number of aliphatic carboxylic acids is 2. The summed E-state index contributed by atoms with van der Waals surface area (Å²) in [5.74, 6) is -1.96. The summed E-state index contributed by atoms with van der Waals surface area (Å²) in [5.41, 5.74) is 0. The van der Waals surface area contributed by atoms with E-state index in [1.807, 2.05) is 0 Å². The van der Waals surface area contributed by atoms with E-state index in [-0.39, 0.29) is 6.29 Å². The molecule has 1 fully saturated rings. The van der Waals surface area contributed by atoms with Gasteiger partial charge in [0, 0.05) is 12.2 Å². The van der Waals surface area contributed by atoms with Gasteiger partial charge >= 0.3 is 11.9 Å². The van der Waals surface area contributed by atoms with Crippen LogP contribution in [-0.2, 0) is 19.1 Å². The van der Waals surface area contributed by atoms with Gasteiger partial charge in [0.25, 0.3) is 0 Å². The predicted molar refractivity (Wildman–Crippen MR) is 66.3 cm³/mol. The van der Waals surface area contributed by atoms with Crippen LogP contribution in [0.1, 0.15) is 19.8 Å². The van der Waals surface area contributed by atoms with Crippen LogP contribution < -0.4 is 0 Å². The third-order valence-electron chi connectivity index (χ3n) is 1.58. The zero-order valence-corrected chi connectivity index (χ0v) is 10.5. The minimum Gasteiger partial charge on any atom is -0.478 e. The monoisotopic (exact) mass is 260 g/mol. The third kappa shape index (κ3) is 16.8. The average molecular weight is 260 g/mol. The van der Waals surface area contributed by atoms with Crippen molar-refractivity contribution < 1.29 is 29.3 Å². The zero-order valence-electron chi connectivity index (χ0n) is 10.5. The van der Waals surface area contributed by atoms with Crippen LogP contribution in [0.5, 0.6) is 0 Å². The van der Waals surface area contributed by atoms with Crippen LogP contribution in [0.4, 0.5) is 0 Å². The molecular formula is C12H20O6. The predicted octanol–water partition coefficient (Wildman–Crippen LogP) is 1.67. The van der Waals surface area contributed by atoms with Crippen molar-refractivity contribution in [1.82, 2.24) is 0 Å². The highest BCUT2D eigenvalue weighted by molar-refractivity contribution is 5.79. The highest BCUT2D eigenvalue weighted by atomic mass is 16.7. The zero-order chi connectivity index (χ0) is 14.4. The molecule has 0 aliphatic carbocycles. The SMILES string of the molecule is C=CC(=O)O.C=CC(=O)O.CCC1OCCCO1. The summed E-state index contributed by atoms with van der Waals surface area (Å²) in [5, 5.41) is 15.2. The Hall–Kier alpha value is -1.66. The summed E-state index contributed by atoms with van der Waals surface area (Å²) in [6.45, 7) is 9.73. The van der Waals surface area contributed by atoms with Crippen molar-refractivity contribution in [2.45, 2.75) is 26.1 Å². The van der Waals surface area contributed by atoms with E-state index < -0.39 is 11.9 Å². The van der Waals surface area contributed by atoms with Gasteiger partial charge in [0.15, 0.2) is 6.29 Å². The van der Waals surface area contributed by atoms with E-state index in [0.717, 1.165) is 38.2 Å². The smallest absolute Gasteiger partial charge is 0.327 e. The lowest BCUT2D eigenvalue weighted by Crippen LogP contribution is -2.23. The standard InChI is InChI=1S/C6H12O2.2C3H4O2/c1-2-6-7-4-3-5-8-6;2*1-2-3(4)5/h6H,2-5H2,1H3;2*2H,1H2,(H,4,5). The molecule has 104 valence electrons. The number of rotatable bonds is 3. The Morgan fingerprint density at radius 1 is 1.17 bits per heavy atom. The molecule has 6 heteroatoms. The molecule has 1 aliphatic heterocycles. The van der Waals surface area contributed by atoms with E-state index in [4.69, 9.17) is 19.7 Å². The lowest BCUT2D eigenvalue weighted by Gasteiger charge is -2.21. The first-order valence-corrected chi connectivity index (χ1v) is 5.41. The van der Waals surface area contributed by atoms with Gasteiger partial charge in [0.05, 0.1) is 13.2 Å². The van der Waals surface area contributed by atoms with Gasteiger partial charge in [-0.05, 0) is 12.8 Å². The van der Waals surface area contributed by atoms with E-state index >= 15 is 0 Å². The van der Waals surface area contributed by atoms with Crippen molar-refractivity contribution >= 4 is 11.9 Å². The van der Waals surface area contributed by atoms with Gasteiger partial charge in [-0.25, -0.2) is 9.59 Å². The number of carboxylic acid groups (broad SMARTS) is 2. The first kappa shape index (κ1) is 18.7. The van der Waals surface area contributed by atoms with Crippen LogP contribution in [0.3, 0.4) is 0 Å². The number of ether oxygens (including phenoxy) is 2. The lowest BCUT2D eigenvalue weighted by atomic mass is 10.4. The van der Waals surface area contributed by atoms with Gasteiger partial charge in [0.1, 0.15) is 0 Å². The summed E-state index contributed by atoms with van der Waals surface area (Å²) in [6.07, 6.45) is 3.78. The first-order chi connectivity index (χ1) is 8.47. The molecule has 0 saturated carbocycles. The number of carboxylic acids is 2. The lowest BCUT2D eigenvalue weighted by molar-refractivity contribution is -0.178. The molecule has 1 aliphatic rings. The molecule has 0 aromatic rings. The quantitative estimate of drug-likeness (QED) is 0.750. The maximum absolute atomic E-state index is 9.25. The molecule has 2 N–H and O–H groups in total. The van der Waals surface area contributed by atoms with Gasteiger partial charge in [-0.3, -0.25) is 0 Å². The second-order valence-corrected chi connectivity index (χ2v) is 3.02. The average Bonchev–Trinajstić information content (AvgIpc) is 2.41. The molecule has 0 bridgehead atoms. The largest absolute Gasteiger partial charge is 0.478 e. The summed E-state index contributed by atoms with van der Waals surface area (Å²) in [6, 6.07) is 0. The minimum absolute atomic E-state index is 0.0868. The van der Waals surface area contributed by atoms with Gasteiger partial charge < -0.3 is 19.7 Å². The third-order valence-corrected chi connectivity index (χ3v) is 1.58. The van der Waals surface area contributed by atoms with Crippen molar-refractivity contribution in [1.29, 1.82) is 0 Å². The van der Waals surface area contributed by atoms with E-state index in [2.05, 4.69) is 20.1 Å². The molecule has 0 amide bonds. The molecule has 0 atom stereocenters. The van der Waals surface area contributed by atoms with Crippen LogP contribution in [0, 0.1) is 0 Å². The fourth-order valence-corrected chi connectivity index (χ4v) is 0.772. The van der Waals surface area contributed by atoms with Gasteiger partial charge in [-0.1, -0.05) is 20.1 Å². The summed E-state index contributed by atoms with van der Waals surface area (Å²) in [7, 11) is 0. The van der Waals surface area contributed by atoms with E-state index in [0.29, 0.717) is 0 Å². The minimum atomic E-state index is -0.981. The van der Waals surface area contributed by atoms with Crippen molar-refractivity contribution in [3.05, 3.63) is 25.3 Å². The Kier molecular flexibility index (Phi) is 13.9. The van der Waals surface area contributed by atoms with E-state index in [1.54, 1.807) is 0 Å². The fraction of sp³-hybridized carbons (Fsp3) is 0.500. The summed E-state index contributed by atoms with van der Waals surface area (Å²) < 4.78 is 10.4. The molecule has 6 nitrogen and oxygen atoms in total. The molecule has 1 heterocycles. The van der Waals surface area contributed by atoms with Gasteiger partial charge in [-0.2, -0.15) is 0 Å². The fourth-order valence-electron chi connectivity index (χ4n) is 0.772. The van der Waals surface area contributed by atoms with Crippen LogP contribution in [0.2, 0.25) is 0 Å². The van der Waals surface area contributed by atoms with Crippen molar-refractivity contribution in [3.63, 3.8) is 0 Å². The van der Waals surface area contributed by atoms with Gasteiger partial charge in [-0.15, -0.1) is 0 Å². The Morgan fingerprint density at radius 2 is 1.50 bits per heavy atom. The molecule has 0 radical (unpaired) electrons. The highest BCUT2D eigenvalue weighted by Crippen LogP contribution is 2.06. The van der Waals surface area contributed by atoms with E-state index in [1.165, 1.54) is 0 Å². The van der Waals surface area contributed by atoms with Crippen LogP contribution >= 0.6 is 0 Å². The number of hydrogen-bond donors (Lipinski definition) is 2. The van der Waals surface area contributed by atoms with Crippen molar-refractivity contribution in [2.24, 2.45) is 0 Å². The van der Waals surface area contributed by atoms with Crippen LogP contribution in [0.15, 0.2) is 25.3 Å². The number of carbonyl (C=O) groups is 2. The molecule has 0 aromatic heterocycles.